The molecule has 3 heterocycles. The lowest BCUT2D eigenvalue weighted by atomic mass is 10.00. The van der Waals surface area contributed by atoms with Crippen LogP contribution >= 0.6 is 11.3 Å². The first-order valence-electron chi connectivity index (χ1n) is 11.7. The van der Waals surface area contributed by atoms with Gasteiger partial charge in [0.05, 0.1) is 4.90 Å². The van der Waals surface area contributed by atoms with E-state index in [0.29, 0.717) is 29.8 Å². The topological polar surface area (TPSA) is 72.0 Å². The summed E-state index contributed by atoms with van der Waals surface area (Å²) in [6.45, 7) is 3.06. The summed E-state index contributed by atoms with van der Waals surface area (Å²) < 4.78 is 39.7. The zero-order valence-corrected chi connectivity index (χ0v) is 20.6. The molecule has 2 aromatic carbocycles. The summed E-state index contributed by atoms with van der Waals surface area (Å²) >= 11 is 1.53. The molecular weight excluding hydrogens is 470 g/mol. The SMILES string of the molecule is O=S(=O)(c1ccc(Oc2ccccc2)cc1)N1CCC(N2CCC(Oc3nccs3)CC2)CC1. The second kappa shape index (κ2) is 10.4. The fourth-order valence-corrected chi connectivity index (χ4v) is 6.69. The Morgan fingerprint density at radius 2 is 1.53 bits per heavy atom. The molecule has 0 saturated carbocycles. The highest BCUT2D eigenvalue weighted by atomic mass is 32.2. The maximum Gasteiger partial charge on any atom is 0.273 e. The van der Waals surface area contributed by atoms with E-state index in [9.17, 15) is 8.42 Å². The fourth-order valence-electron chi connectivity index (χ4n) is 4.67. The van der Waals surface area contributed by atoms with Crippen LogP contribution in [0.4, 0.5) is 0 Å². The van der Waals surface area contributed by atoms with E-state index in [-0.39, 0.29) is 6.10 Å². The first-order valence-corrected chi connectivity index (χ1v) is 14.0. The Morgan fingerprint density at radius 1 is 0.853 bits per heavy atom. The molecule has 9 heteroatoms. The van der Waals surface area contributed by atoms with Gasteiger partial charge in [0.2, 0.25) is 10.0 Å². The number of likely N-dealkylation sites (tertiary alicyclic amines) is 1. The summed E-state index contributed by atoms with van der Waals surface area (Å²) in [5, 5.41) is 2.68. The lowest BCUT2D eigenvalue weighted by molar-refractivity contribution is 0.0584. The Kier molecular flexibility index (Phi) is 7.15. The van der Waals surface area contributed by atoms with Gasteiger partial charge in [0.15, 0.2) is 0 Å². The minimum absolute atomic E-state index is 0.219. The van der Waals surface area contributed by atoms with Crippen molar-refractivity contribution in [2.45, 2.75) is 42.7 Å². The molecule has 7 nitrogen and oxygen atoms in total. The van der Waals surface area contributed by atoms with Crippen LogP contribution in [0.25, 0.3) is 0 Å². The number of hydrogen-bond donors (Lipinski definition) is 0. The van der Waals surface area contributed by atoms with E-state index in [0.717, 1.165) is 49.7 Å². The van der Waals surface area contributed by atoms with Crippen LogP contribution in [0.3, 0.4) is 0 Å². The van der Waals surface area contributed by atoms with Crippen molar-refractivity contribution in [3.63, 3.8) is 0 Å². The van der Waals surface area contributed by atoms with Crippen LogP contribution in [0.15, 0.2) is 71.1 Å². The highest BCUT2D eigenvalue weighted by molar-refractivity contribution is 7.89. The molecule has 2 aliphatic heterocycles. The average molecular weight is 500 g/mol. The van der Waals surface area contributed by atoms with Crippen molar-refractivity contribution in [2.75, 3.05) is 26.2 Å². The van der Waals surface area contributed by atoms with Gasteiger partial charge < -0.3 is 14.4 Å². The zero-order valence-electron chi connectivity index (χ0n) is 19.0. The monoisotopic (exact) mass is 499 g/mol. The van der Waals surface area contributed by atoms with Crippen molar-refractivity contribution in [1.29, 1.82) is 0 Å². The Morgan fingerprint density at radius 3 is 2.18 bits per heavy atom. The summed E-state index contributed by atoms with van der Waals surface area (Å²) in [6.07, 6.45) is 5.66. The number of nitrogens with zero attached hydrogens (tertiary/aromatic N) is 3. The minimum atomic E-state index is -3.51. The van der Waals surface area contributed by atoms with E-state index in [2.05, 4.69) is 9.88 Å². The summed E-state index contributed by atoms with van der Waals surface area (Å²) in [5.41, 5.74) is 0. The molecule has 2 fully saturated rings. The number of thiazole rings is 1. The van der Waals surface area contributed by atoms with Crippen LogP contribution in [0.2, 0.25) is 0 Å². The standard InChI is InChI=1S/C25H29N3O4S2/c29-34(30,24-8-6-22(7-9-24)31-21-4-2-1-3-5-21)28-17-10-20(11-18-28)27-15-12-23(13-16-27)32-25-26-14-19-33-25/h1-9,14,19-20,23H,10-13,15-18H2. The molecule has 2 saturated heterocycles. The Labute approximate surface area is 205 Å². The van der Waals surface area contributed by atoms with Gasteiger partial charge in [0.1, 0.15) is 17.6 Å². The largest absolute Gasteiger partial charge is 0.467 e. The van der Waals surface area contributed by atoms with E-state index in [4.69, 9.17) is 9.47 Å². The first-order chi connectivity index (χ1) is 16.6. The number of ether oxygens (including phenoxy) is 2. The third-order valence-electron chi connectivity index (χ3n) is 6.53. The van der Waals surface area contributed by atoms with Gasteiger partial charge in [0, 0.05) is 43.8 Å². The van der Waals surface area contributed by atoms with Crippen LogP contribution < -0.4 is 9.47 Å². The van der Waals surface area contributed by atoms with E-state index in [1.165, 1.54) is 11.3 Å². The van der Waals surface area contributed by atoms with Crippen LogP contribution in [0.5, 0.6) is 16.7 Å². The number of para-hydroxylation sites is 1. The molecule has 5 rings (SSSR count). The van der Waals surface area contributed by atoms with Gasteiger partial charge in [-0.25, -0.2) is 13.4 Å². The molecule has 0 N–H and O–H groups in total. The smallest absolute Gasteiger partial charge is 0.273 e. The highest BCUT2D eigenvalue weighted by Crippen LogP contribution is 2.28. The normalized spacial score (nSPS) is 19.2. The Bertz CT molecular complexity index is 1140. The molecule has 0 aliphatic carbocycles. The van der Waals surface area contributed by atoms with Crippen molar-refractivity contribution in [1.82, 2.24) is 14.2 Å². The summed E-state index contributed by atoms with van der Waals surface area (Å²) in [7, 11) is -3.51. The van der Waals surface area contributed by atoms with Crippen LogP contribution in [-0.4, -0.2) is 60.9 Å². The third kappa shape index (κ3) is 5.43. The molecule has 1 aromatic heterocycles. The van der Waals surface area contributed by atoms with E-state index in [1.54, 1.807) is 34.8 Å². The van der Waals surface area contributed by atoms with Crippen LogP contribution in [-0.2, 0) is 10.0 Å². The molecule has 34 heavy (non-hydrogen) atoms. The maximum atomic E-state index is 13.2. The quantitative estimate of drug-likeness (QED) is 0.472. The fraction of sp³-hybridized carbons (Fsp3) is 0.400. The molecular formula is C25H29N3O4S2. The van der Waals surface area contributed by atoms with E-state index in [1.807, 2.05) is 35.7 Å². The number of sulfonamides is 1. The van der Waals surface area contributed by atoms with Gasteiger partial charge in [-0.3, -0.25) is 0 Å². The number of benzene rings is 2. The van der Waals surface area contributed by atoms with Crippen LogP contribution in [0.1, 0.15) is 25.7 Å². The molecule has 0 amide bonds. The average Bonchev–Trinajstić information content (AvgIpc) is 3.39. The first kappa shape index (κ1) is 23.3. The van der Waals surface area contributed by atoms with Gasteiger partial charge in [-0.1, -0.05) is 29.5 Å². The molecule has 2 aliphatic rings. The van der Waals surface area contributed by atoms with Crippen molar-refractivity contribution < 1.29 is 17.9 Å². The highest BCUT2D eigenvalue weighted by Gasteiger charge is 2.33. The summed E-state index contributed by atoms with van der Waals surface area (Å²) in [6, 6.07) is 16.6. The van der Waals surface area contributed by atoms with Crippen molar-refractivity contribution in [2.24, 2.45) is 0 Å². The molecule has 0 spiro atoms. The molecule has 0 bridgehead atoms. The second-order valence-electron chi connectivity index (χ2n) is 8.67. The van der Waals surface area contributed by atoms with Gasteiger partial charge in [-0.05, 0) is 62.1 Å². The van der Waals surface area contributed by atoms with Gasteiger partial charge in [-0.2, -0.15) is 4.31 Å². The van der Waals surface area contributed by atoms with E-state index >= 15 is 0 Å². The lowest BCUT2D eigenvalue weighted by Gasteiger charge is -2.41. The van der Waals surface area contributed by atoms with E-state index < -0.39 is 10.0 Å². The van der Waals surface area contributed by atoms with Gasteiger partial charge >= 0.3 is 0 Å². The molecule has 0 radical (unpaired) electrons. The minimum Gasteiger partial charge on any atom is -0.467 e. The number of aromatic nitrogens is 1. The zero-order chi connectivity index (χ0) is 23.4. The molecule has 0 unspecified atom stereocenters. The number of rotatable bonds is 7. The Balaban J connectivity index is 1.12. The third-order valence-corrected chi connectivity index (χ3v) is 9.11. The maximum absolute atomic E-state index is 13.2. The second-order valence-corrected chi connectivity index (χ2v) is 11.5. The predicted molar refractivity (Wildman–Crippen MR) is 132 cm³/mol. The molecule has 3 aromatic rings. The van der Waals surface area contributed by atoms with Crippen molar-refractivity contribution in [3.05, 3.63) is 66.2 Å². The Hall–Kier alpha value is -2.46. The van der Waals surface area contributed by atoms with Crippen molar-refractivity contribution in [3.8, 4) is 16.7 Å². The summed E-state index contributed by atoms with van der Waals surface area (Å²) in [4.78, 5) is 7.03. The van der Waals surface area contributed by atoms with Crippen molar-refractivity contribution >= 4 is 21.4 Å². The lowest BCUT2D eigenvalue weighted by Crippen LogP contribution is -2.50. The van der Waals surface area contributed by atoms with Crippen LogP contribution in [0, 0.1) is 0 Å². The van der Waals surface area contributed by atoms with Gasteiger partial charge in [-0.15, -0.1) is 0 Å². The number of hydrogen-bond acceptors (Lipinski definition) is 7. The molecule has 0 atom stereocenters. The summed E-state index contributed by atoms with van der Waals surface area (Å²) in [5.74, 6) is 1.34. The predicted octanol–water partition coefficient (Wildman–Crippen LogP) is 4.63. The molecule has 180 valence electrons. The number of piperidine rings is 2. The van der Waals surface area contributed by atoms with Gasteiger partial charge in [0.25, 0.3) is 5.19 Å².